The first-order chi connectivity index (χ1) is 20.2. The van der Waals surface area contributed by atoms with Gasteiger partial charge in [0.15, 0.2) is 0 Å². The van der Waals surface area contributed by atoms with E-state index in [1.165, 1.54) is 0 Å². The van der Waals surface area contributed by atoms with E-state index in [-0.39, 0.29) is 24.8 Å². The maximum absolute atomic E-state index is 14.4. The number of nitrogens with zero attached hydrogens (tertiary/aromatic N) is 1. The van der Waals surface area contributed by atoms with Gasteiger partial charge in [0.1, 0.15) is 18.2 Å². The first-order valence-electron chi connectivity index (χ1n) is 13.9. The highest BCUT2D eigenvalue weighted by Gasteiger charge is 2.48. The van der Waals surface area contributed by atoms with Crippen molar-refractivity contribution in [1.29, 1.82) is 0 Å². The Kier molecular flexibility index (Phi) is 11.7. The number of morpholine rings is 1. The minimum Gasteiger partial charge on any atom is -0.481 e. The summed E-state index contributed by atoms with van der Waals surface area (Å²) in [6.07, 6.45) is 0.202. The number of rotatable bonds is 12. The molecule has 1 aliphatic heterocycles. The van der Waals surface area contributed by atoms with Gasteiger partial charge in [0, 0.05) is 33.0 Å². The molecule has 1 fully saturated rings. The molecule has 0 bridgehead atoms. The fourth-order valence-electron chi connectivity index (χ4n) is 5.22. The summed E-state index contributed by atoms with van der Waals surface area (Å²) in [6.45, 7) is 2.16. The molecular weight excluding hydrogens is 690 g/mol. The molecule has 2 amide bonds. The number of amides is 2. The van der Waals surface area contributed by atoms with Gasteiger partial charge in [-0.1, -0.05) is 72.9 Å². The summed E-state index contributed by atoms with van der Waals surface area (Å²) >= 11 is 14.7. The van der Waals surface area contributed by atoms with Crippen molar-refractivity contribution < 1.29 is 24.2 Å². The van der Waals surface area contributed by atoms with Crippen molar-refractivity contribution in [3.05, 3.63) is 103 Å². The predicted molar refractivity (Wildman–Crippen MR) is 172 cm³/mol. The molecule has 0 radical (unpaired) electrons. The molecule has 0 saturated carbocycles. The van der Waals surface area contributed by atoms with Crippen LogP contribution in [0.2, 0.25) is 10.0 Å². The van der Waals surface area contributed by atoms with Crippen LogP contribution in [0.1, 0.15) is 61.4 Å². The molecule has 4 rings (SSSR count). The molecule has 3 aromatic rings. The summed E-state index contributed by atoms with van der Waals surface area (Å²) in [6, 6.07) is 21.0. The lowest BCUT2D eigenvalue weighted by molar-refractivity contribution is -0.181. The Morgan fingerprint density at radius 2 is 1.57 bits per heavy atom. The van der Waals surface area contributed by atoms with Crippen LogP contribution < -0.4 is 5.32 Å². The highest BCUT2D eigenvalue weighted by molar-refractivity contribution is 14.1. The van der Waals surface area contributed by atoms with Crippen LogP contribution in [0.25, 0.3) is 0 Å². The average molecular weight is 723 g/mol. The third kappa shape index (κ3) is 8.24. The minimum atomic E-state index is -0.926. The monoisotopic (exact) mass is 722 g/mol. The van der Waals surface area contributed by atoms with Gasteiger partial charge in [0.05, 0.1) is 6.04 Å². The molecule has 1 saturated heterocycles. The molecule has 0 aliphatic carbocycles. The van der Waals surface area contributed by atoms with E-state index in [0.29, 0.717) is 35.7 Å². The van der Waals surface area contributed by atoms with Gasteiger partial charge < -0.3 is 20.1 Å². The lowest BCUT2D eigenvalue weighted by Gasteiger charge is -2.47. The second kappa shape index (κ2) is 15.2. The van der Waals surface area contributed by atoms with Crippen molar-refractivity contribution in [2.75, 3.05) is 6.54 Å². The number of hydrogen-bond acceptors (Lipinski definition) is 4. The van der Waals surface area contributed by atoms with Crippen LogP contribution in [0.4, 0.5) is 0 Å². The van der Waals surface area contributed by atoms with E-state index in [9.17, 15) is 14.4 Å². The Bertz CT molecular complexity index is 1370. The largest absolute Gasteiger partial charge is 0.481 e. The first kappa shape index (κ1) is 32.3. The van der Waals surface area contributed by atoms with Gasteiger partial charge in [-0.2, -0.15) is 0 Å². The molecule has 0 spiro atoms. The summed E-state index contributed by atoms with van der Waals surface area (Å²) in [7, 11) is 0. The minimum absolute atomic E-state index is 0.0562. The SMILES string of the molecule is CCC[C@H](C(=O)NCCCC(=O)O)N1C(=O)[C@H](Cc2ccc(I)cc2)O[C@@H](c2ccc(Cl)cc2)[C@H]1c1ccc(Cl)cc1. The topological polar surface area (TPSA) is 95.9 Å². The second-order valence-electron chi connectivity index (χ2n) is 10.3. The summed E-state index contributed by atoms with van der Waals surface area (Å²) in [5.74, 6) is -1.53. The van der Waals surface area contributed by atoms with Gasteiger partial charge in [-0.05, 0) is 88.5 Å². The quantitative estimate of drug-likeness (QED) is 0.155. The number of carbonyl (C=O) groups is 3. The molecule has 2 N–H and O–H groups in total. The van der Waals surface area contributed by atoms with E-state index in [1.54, 1.807) is 29.2 Å². The van der Waals surface area contributed by atoms with Gasteiger partial charge in [0.25, 0.3) is 5.91 Å². The van der Waals surface area contributed by atoms with Crippen LogP contribution in [-0.4, -0.2) is 46.5 Å². The molecule has 3 aromatic carbocycles. The summed E-state index contributed by atoms with van der Waals surface area (Å²) in [5.41, 5.74) is 2.54. The number of benzene rings is 3. The zero-order valence-corrected chi connectivity index (χ0v) is 26.8. The Balaban J connectivity index is 1.79. The number of carboxylic acid groups (broad SMARTS) is 1. The Morgan fingerprint density at radius 3 is 2.14 bits per heavy atom. The van der Waals surface area contributed by atoms with Gasteiger partial charge in [-0.15, -0.1) is 0 Å². The van der Waals surface area contributed by atoms with Crippen molar-refractivity contribution >= 4 is 63.6 Å². The number of nitrogens with one attached hydrogen (secondary N) is 1. The predicted octanol–water partition coefficient (Wildman–Crippen LogP) is 7.00. The average Bonchev–Trinajstić information content (AvgIpc) is 2.97. The smallest absolute Gasteiger partial charge is 0.303 e. The highest BCUT2D eigenvalue weighted by Crippen LogP contribution is 2.44. The lowest BCUT2D eigenvalue weighted by atomic mass is 9.88. The fourth-order valence-corrected chi connectivity index (χ4v) is 5.84. The number of carboxylic acids is 1. The van der Waals surface area contributed by atoms with E-state index >= 15 is 0 Å². The van der Waals surface area contributed by atoms with Crippen LogP contribution in [-0.2, 0) is 25.5 Å². The van der Waals surface area contributed by atoms with Crippen molar-refractivity contribution in [1.82, 2.24) is 10.2 Å². The normalized spacial score (nSPS) is 19.4. The third-order valence-corrected chi connectivity index (χ3v) is 8.46. The number of hydrogen-bond donors (Lipinski definition) is 2. The van der Waals surface area contributed by atoms with Crippen molar-refractivity contribution in [2.45, 2.75) is 63.3 Å². The molecule has 222 valence electrons. The standard InChI is InChI=1S/C32H33Cl2IN2O5/c1-2-4-26(31(40)36-18-3-5-28(38)39)37-29(21-8-12-23(33)13-9-21)30(22-10-14-24(34)15-11-22)42-27(32(37)41)19-20-6-16-25(35)17-7-20/h6-17,26-27,29-30H,2-5,18-19H2,1H3,(H,36,40)(H,38,39)/t26-,27+,29-,30+/m1/s1. The molecule has 7 nitrogen and oxygen atoms in total. The zero-order chi connectivity index (χ0) is 30.2. The van der Waals surface area contributed by atoms with Gasteiger partial charge in [0.2, 0.25) is 5.91 Å². The second-order valence-corrected chi connectivity index (χ2v) is 12.4. The Hall–Kier alpha value is -2.66. The van der Waals surface area contributed by atoms with Gasteiger partial charge >= 0.3 is 5.97 Å². The molecule has 10 heteroatoms. The van der Waals surface area contributed by atoms with E-state index < -0.39 is 30.3 Å². The fraction of sp³-hybridized carbons (Fsp3) is 0.344. The molecule has 42 heavy (non-hydrogen) atoms. The summed E-state index contributed by atoms with van der Waals surface area (Å²) in [4.78, 5) is 40.8. The summed E-state index contributed by atoms with van der Waals surface area (Å²) < 4.78 is 7.73. The van der Waals surface area contributed by atoms with E-state index in [2.05, 4.69) is 27.9 Å². The van der Waals surface area contributed by atoms with Crippen molar-refractivity contribution in [3.63, 3.8) is 0 Å². The number of aliphatic carboxylic acids is 1. The molecular formula is C32H33Cl2IN2O5. The number of halogens is 3. The Labute approximate surface area is 269 Å². The van der Waals surface area contributed by atoms with Crippen LogP contribution >= 0.6 is 45.8 Å². The molecule has 4 atom stereocenters. The van der Waals surface area contributed by atoms with Gasteiger partial charge in [-0.3, -0.25) is 14.4 Å². The maximum atomic E-state index is 14.4. The highest BCUT2D eigenvalue weighted by atomic mass is 127. The Morgan fingerprint density at radius 1 is 0.976 bits per heavy atom. The maximum Gasteiger partial charge on any atom is 0.303 e. The third-order valence-electron chi connectivity index (χ3n) is 7.24. The molecule has 1 heterocycles. The first-order valence-corrected chi connectivity index (χ1v) is 15.7. The van der Waals surface area contributed by atoms with Crippen LogP contribution in [0, 0.1) is 3.57 Å². The molecule has 1 aliphatic rings. The summed E-state index contributed by atoms with van der Waals surface area (Å²) in [5, 5.41) is 13.0. The van der Waals surface area contributed by atoms with Crippen molar-refractivity contribution in [3.8, 4) is 0 Å². The zero-order valence-electron chi connectivity index (χ0n) is 23.1. The van der Waals surface area contributed by atoms with Crippen LogP contribution in [0.3, 0.4) is 0 Å². The van der Waals surface area contributed by atoms with Crippen LogP contribution in [0.5, 0.6) is 0 Å². The van der Waals surface area contributed by atoms with E-state index in [0.717, 1.165) is 20.3 Å². The molecule has 0 aromatic heterocycles. The van der Waals surface area contributed by atoms with E-state index in [4.69, 9.17) is 33.0 Å². The number of carbonyl (C=O) groups excluding carboxylic acids is 2. The molecule has 0 unspecified atom stereocenters. The van der Waals surface area contributed by atoms with Gasteiger partial charge in [-0.25, -0.2) is 0 Å². The lowest BCUT2D eigenvalue weighted by Crippen LogP contribution is -2.59. The number of ether oxygens (including phenoxy) is 1. The van der Waals surface area contributed by atoms with E-state index in [1.807, 2.05) is 55.5 Å². The van der Waals surface area contributed by atoms with Crippen molar-refractivity contribution in [2.24, 2.45) is 0 Å². The van der Waals surface area contributed by atoms with Crippen LogP contribution in [0.15, 0.2) is 72.8 Å².